The van der Waals surface area contributed by atoms with E-state index in [4.69, 9.17) is 21.7 Å². The molecule has 1 aliphatic heterocycles. The molecule has 1 fully saturated rings. The van der Waals surface area contributed by atoms with Crippen molar-refractivity contribution in [1.29, 1.82) is 0 Å². The minimum absolute atomic E-state index is 0.542. The van der Waals surface area contributed by atoms with Crippen LogP contribution in [0.1, 0.15) is 12.5 Å². The number of hydrogen-bond acceptors (Lipinski definition) is 4. The minimum Gasteiger partial charge on any atom is -0.497 e. The summed E-state index contributed by atoms with van der Waals surface area (Å²) < 4.78 is 10.6. The molecule has 0 bridgehead atoms. The topological polar surface area (TPSA) is 59.3 Å². The number of rotatable bonds is 6. The van der Waals surface area contributed by atoms with Crippen molar-refractivity contribution in [3.63, 3.8) is 0 Å². The predicted molar refractivity (Wildman–Crippen MR) is 95.3 cm³/mol. The molecule has 126 valence electrons. The third kappa shape index (κ3) is 6.13. The highest BCUT2D eigenvalue weighted by atomic mass is 32.1. The van der Waals surface area contributed by atoms with Gasteiger partial charge in [0.1, 0.15) is 18.8 Å². The molecule has 23 heavy (non-hydrogen) atoms. The average molecular weight is 337 g/mol. The SMILES string of the molecule is COc1cccc(/C(C)=N\NC(=S)NCC[NH+]2CCOCC2)c1. The van der Waals surface area contributed by atoms with E-state index in [1.165, 1.54) is 0 Å². The van der Waals surface area contributed by atoms with Crippen molar-refractivity contribution in [3.05, 3.63) is 29.8 Å². The van der Waals surface area contributed by atoms with Crippen LogP contribution in [0.25, 0.3) is 0 Å². The highest BCUT2D eigenvalue weighted by molar-refractivity contribution is 7.80. The molecule has 0 saturated carbocycles. The Bertz CT molecular complexity index is 545. The van der Waals surface area contributed by atoms with Gasteiger partial charge < -0.3 is 19.7 Å². The van der Waals surface area contributed by atoms with E-state index in [0.29, 0.717) is 5.11 Å². The third-order valence-electron chi connectivity index (χ3n) is 3.78. The minimum atomic E-state index is 0.542. The van der Waals surface area contributed by atoms with E-state index < -0.39 is 0 Å². The summed E-state index contributed by atoms with van der Waals surface area (Å²) in [6.07, 6.45) is 0. The van der Waals surface area contributed by atoms with Crippen molar-refractivity contribution < 1.29 is 14.4 Å². The molecule has 0 aliphatic carbocycles. The number of quaternary nitrogens is 1. The molecule has 7 heteroatoms. The summed E-state index contributed by atoms with van der Waals surface area (Å²) in [4.78, 5) is 1.54. The lowest BCUT2D eigenvalue weighted by atomic mass is 10.1. The third-order valence-corrected chi connectivity index (χ3v) is 4.01. The van der Waals surface area contributed by atoms with Gasteiger partial charge in [0.05, 0.1) is 39.1 Å². The van der Waals surface area contributed by atoms with Crippen molar-refractivity contribution in [3.8, 4) is 5.75 Å². The lowest BCUT2D eigenvalue weighted by molar-refractivity contribution is -0.906. The lowest BCUT2D eigenvalue weighted by Crippen LogP contribution is -3.14. The van der Waals surface area contributed by atoms with Gasteiger partial charge in [-0.3, -0.25) is 5.43 Å². The molecule has 1 heterocycles. The summed E-state index contributed by atoms with van der Waals surface area (Å²) in [7, 11) is 1.65. The molecule has 1 saturated heterocycles. The van der Waals surface area contributed by atoms with Crippen LogP contribution in [0, 0.1) is 0 Å². The van der Waals surface area contributed by atoms with Crippen molar-refractivity contribution in [2.24, 2.45) is 5.10 Å². The van der Waals surface area contributed by atoms with Crippen LogP contribution in [0.2, 0.25) is 0 Å². The van der Waals surface area contributed by atoms with Crippen LogP contribution in [0.3, 0.4) is 0 Å². The maximum atomic E-state index is 5.34. The Morgan fingerprint density at radius 2 is 2.17 bits per heavy atom. The molecule has 2 rings (SSSR count). The summed E-state index contributed by atoms with van der Waals surface area (Å²) in [6.45, 7) is 7.62. The highest BCUT2D eigenvalue weighted by Gasteiger charge is 2.12. The first-order valence-electron chi connectivity index (χ1n) is 7.83. The quantitative estimate of drug-likeness (QED) is 0.381. The van der Waals surface area contributed by atoms with E-state index in [1.807, 2.05) is 31.2 Å². The number of benzene rings is 1. The molecule has 1 aromatic rings. The van der Waals surface area contributed by atoms with Crippen LogP contribution in [-0.2, 0) is 4.74 Å². The number of hydrogen-bond donors (Lipinski definition) is 3. The zero-order chi connectivity index (χ0) is 16.5. The summed E-state index contributed by atoms with van der Waals surface area (Å²) in [5, 5.41) is 8.04. The Morgan fingerprint density at radius 3 is 2.91 bits per heavy atom. The molecule has 6 nitrogen and oxygen atoms in total. The normalized spacial score (nSPS) is 16.0. The second-order valence-electron chi connectivity index (χ2n) is 5.41. The molecule has 0 aromatic heterocycles. The number of methoxy groups -OCH3 is 1. The fourth-order valence-electron chi connectivity index (χ4n) is 2.35. The van der Waals surface area contributed by atoms with Gasteiger partial charge in [0.15, 0.2) is 5.11 Å². The Kier molecular flexibility index (Phi) is 7.25. The lowest BCUT2D eigenvalue weighted by Gasteiger charge is -2.23. The van der Waals surface area contributed by atoms with Gasteiger partial charge in [0.2, 0.25) is 0 Å². The van der Waals surface area contributed by atoms with E-state index in [2.05, 4.69) is 15.8 Å². The van der Waals surface area contributed by atoms with Crippen molar-refractivity contribution in [2.45, 2.75) is 6.92 Å². The molecule has 0 amide bonds. The molecule has 0 unspecified atom stereocenters. The van der Waals surface area contributed by atoms with Gasteiger partial charge in [-0.15, -0.1) is 0 Å². The highest BCUT2D eigenvalue weighted by Crippen LogP contribution is 2.12. The number of nitrogens with zero attached hydrogens (tertiary/aromatic N) is 1. The van der Waals surface area contributed by atoms with E-state index >= 15 is 0 Å². The van der Waals surface area contributed by atoms with Gasteiger partial charge in [0, 0.05) is 5.56 Å². The monoisotopic (exact) mass is 337 g/mol. The molecule has 3 N–H and O–H groups in total. The number of thiocarbonyl (C=S) groups is 1. The van der Waals surface area contributed by atoms with Gasteiger partial charge in [-0.25, -0.2) is 0 Å². The second-order valence-corrected chi connectivity index (χ2v) is 5.82. The van der Waals surface area contributed by atoms with Crippen molar-refractivity contribution in [2.75, 3.05) is 46.5 Å². The summed E-state index contributed by atoms with van der Waals surface area (Å²) >= 11 is 5.25. The van der Waals surface area contributed by atoms with Crippen LogP contribution in [-0.4, -0.2) is 57.3 Å². The van der Waals surface area contributed by atoms with E-state index in [-0.39, 0.29) is 0 Å². The fraction of sp³-hybridized carbons (Fsp3) is 0.500. The molecule has 1 aromatic carbocycles. The fourth-order valence-corrected chi connectivity index (χ4v) is 2.50. The standard InChI is InChI=1S/C16H24N4O2S/c1-13(14-4-3-5-15(12-14)21-2)18-19-16(23)17-6-7-20-8-10-22-11-9-20/h3-5,12H,6-11H2,1-2H3,(H2,17,19,23)/p+1/b18-13-. The smallest absolute Gasteiger partial charge is 0.187 e. The number of ether oxygens (including phenoxy) is 2. The Balaban J connectivity index is 1.73. The maximum absolute atomic E-state index is 5.34. The zero-order valence-corrected chi connectivity index (χ0v) is 14.5. The molecule has 0 spiro atoms. The van der Waals surface area contributed by atoms with E-state index in [9.17, 15) is 0 Å². The Hall–Kier alpha value is -1.70. The van der Waals surface area contributed by atoms with Crippen LogP contribution in [0.5, 0.6) is 5.75 Å². The van der Waals surface area contributed by atoms with E-state index in [0.717, 1.165) is 56.4 Å². The van der Waals surface area contributed by atoms with Gasteiger partial charge >= 0.3 is 0 Å². The van der Waals surface area contributed by atoms with Gasteiger partial charge in [0.25, 0.3) is 0 Å². The molecular weight excluding hydrogens is 312 g/mol. The summed E-state index contributed by atoms with van der Waals surface area (Å²) in [5.74, 6) is 0.811. The van der Waals surface area contributed by atoms with Gasteiger partial charge in [-0.05, 0) is 31.3 Å². The second kappa shape index (κ2) is 9.44. The predicted octanol–water partition coefficient (Wildman–Crippen LogP) is -0.202. The number of hydrazone groups is 1. The molecule has 1 aliphatic rings. The van der Waals surface area contributed by atoms with Crippen molar-refractivity contribution >= 4 is 23.0 Å². The Labute approximate surface area is 142 Å². The molecule has 0 radical (unpaired) electrons. The first-order chi connectivity index (χ1) is 11.2. The first-order valence-corrected chi connectivity index (χ1v) is 8.23. The maximum Gasteiger partial charge on any atom is 0.187 e. The zero-order valence-electron chi connectivity index (χ0n) is 13.7. The number of nitrogens with one attached hydrogen (secondary N) is 3. The van der Waals surface area contributed by atoms with Crippen LogP contribution in [0.4, 0.5) is 0 Å². The Morgan fingerprint density at radius 1 is 1.39 bits per heavy atom. The van der Waals surface area contributed by atoms with Gasteiger partial charge in [-0.2, -0.15) is 5.10 Å². The van der Waals surface area contributed by atoms with Crippen LogP contribution < -0.4 is 20.4 Å². The van der Waals surface area contributed by atoms with Crippen LogP contribution >= 0.6 is 12.2 Å². The first kappa shape index (κ1) is 17.7. The summed E-state index contributed by atoms with van der Waals surface area (Å²) in [6, 6.07) is 7.78. The molecule has 0 atom stereocenters. The summed E-state index contributed by atoms with van der Waals surface area (Å²) in [5.41, 5.74) is 4.74. The largest absolute Gasteiger partial charge is 0.497 e. The van der Waals surface area contributed by atoms with Crippen LogP contribution in [0.15, 0.2) is 29.4 Å². The average Bonchev–Trinajstić information content (AvgIpc) is 2.60. The molecular formula is C16H25N4O2S+. The van der Waals surface area contributed by atoms with Gasteiger partial charge in [-0.1, -0.05) is 12.1 Å². The van der Waals surface area contributed by atoms with Crippen molar-refractivity contribution in [1.82, 2.24) is 10.7 Å². The number of morpholine rings is 1. The van der Waals surface area contributed by atoms with E-state index in [1.54, 1.807) is 12.0 Å².